The molecule has 3 aromatic heterocycles. The first-order valence-electron chi connectivity index (χ1n) is 20.4. The van der Waals surface area contributed by atoms with E-state index in [0.717, 1.165) is 70.7 Å². The van der Waals surface area contributed by atoms with E-state index < -0.39 is 0 Å². The van der Waals surface area contributed by atoms with Crippen molar-refractivity contribution < 1.29 is 5.48 Å². The molecule has 5 heteroatoms. The fourth-order valence-electron chi connectivity index (χ4n) is 7.59. The molecular formula is C51H32N4S. The SMILES string of the molecule is [2H]c1c([2H])c(-n2c3ccccc3c3cc4sc5ccccc5c4cc32)c([2H])c([2H])c1-c1nc(-c2ccc(-c3ccccc3)cc2)nc(-c2ccc(-c3ccccc3)cc2)n1. The lowest BCUT2D eigenvalue weighted by atomic mass is 10.0. The molecule has 56 heavy (non-hydrogen) atoms. The Morgan fingerprint density at radius 3 is 1.45 bits per heavy atom. The average molecular weight is 737 g/mol. The summed E-state index contributed by atoms with van der Waals surface area (Å²) in [6.45, 7) is 0. The molecule has 0 bridgehead atoms. The zero-order valence-corrected chi connectivity index (χ0v) is 30.7. The third kappa shape index (κ3) is 5.56. The Kier molecular flexibility index (Phi) is 6.70. The third-order valence-electron chi connectivity index (χ3n) is 10.4. The zero-order chi connectivity index (χ0) is 40.5. The normalized spacial score (nSPS) is 12.6. The van der Waals surface area contributed by atoms with Crippen molar-refractivity contribution in [1.29, 1.82) is 0 Å². The smallest absolute Gasteiger partial charge is 0.164 e. The quantitative estimate of drug-likeness (QED) is 0.171. The van der Waals surface area contributed by atoms with E-state index in [-0.39, 0.29) is 41.2 Å². The minimum absolute atomic E-state index is 0.00690. The number of benzene rings is 8. The van der Waals surface area contributed by atoms with Crippen molar-refractivity contribution >= 4 is 53.3 Å². The van der Waals surface area contributed by atoms with Gasteiger partial charge in [0.05, 0.1) is 16.5 Å². The van der Waals surface area contributed by atoms with Gasteiger partial charge in [-0.05, 0) is 70.7 Å². The molecule has 0 amide bonds. The molecule has 0 aliphatic carbocycles. The highest BCUT2D eigenvalue weighted by Crippen LogP contribution is 2.41. The minimum Gasteiger partial charge on any atom is -0.309 e. The van der Waals surface area contributed by atoms with Crippen LogP contribution in [0.25, 0.3) is 104 Å². The lowest BCUT2D eigenvalue weighted by Crippen LogP contribution is -2.00. The van der Waals surface area contributed by atoms with Crippen molar-refractivity contribution in [2.75, 3.05) is 0 Å². The average Bonchev–Trinajstić information content (AvgIpc) is 3.83. The van der Waals surface area contributed by atoms with Gasteiger partial charge in [0.2, 0.25) is 0 Å². The van der Waals surface area contributed by atoms with E-state index in [4.69, 9.17) is 15.0 Å². The lowest BCUT2D eigenvalue weighted by molar-refractivity contribution is 1.07. The molecule has 0 fully saturated rings. The summed E-state index contributed by atoms with van der Waals surface area (Å²) in [5, 5.41) is 4.17. The van der Waals surface area contributed by atoms with E-state index in [1.807, 2.05) is 126 Å². The monoisotopic (exact) mass is 736 g/mol. The standard InChI is InChI=1S/C51H32N4S/c1-3-11-33(12-4-1)35-19-23-37(24-20-35)49-52-50(38-25-21-36(22-26-38)34-13-5-2-6-14-34)54-51(53-49)39-27-29-40(30-28-39)55-45-17-9-7-15-41(45)43-32-48-44(31-46(43)55)42-16-8-10-18-47(42)56-48/h1-32H/i27D,28D,29D,30D. The summed E-state index contributed by atoms with van der Waals surface area (Å²) < 4.78 is 42.4. The maximum absolute atomic E-state index is 9.58. The molecule has 4 nitrogen and oxygen atoms in total. The molecule has 3 heterocycles. The van der Waals surface area contributed by atoms with Crippen molar-refractivity contribution in [3.05, 3.63) is 194 Å². The topological polar surface area (TPSA) is 43.6 Å². The molecule has 0 aliphatic heterocycles. The van der Waals surface area contributed by atoms with Gasteiger partial charge in [0.25, 0.3) is 0 Å². The molecular weight excluding hydrogens is 701 g/mol. The van der Waals surface area contributed by atoms with Gasteiger partial charge in [0, 0.05) is 53.3 Å². The van der Waals surface area contributed by atoms with Gasteiger partial charge in [-0.15, -0.1) is 11.3 Å². The first-order chi connectivity index (χ1) is 29.4. The summed E-state index contributed by atoms with van der Waals surface area (Å²) in [5.41, 5.74) is 7.48. The Hall–Kier alpha value is -7.21. The summed E-state index contributed by atoms with van der Waals surface area (Å²) in [5.74, 6) is 0.778. The van der Waals surface area contributed by atoms with Crippen molar-refractivity contribution in [3.8, 4) is 62.1 Å². The number of rotatable bonds is 6. The van der Waals surface area contributed by atoms with E-state index in [9.17, 15) is 5.48 Å². The van der Waals surface area contributed by atoms with Crippen LogP contribution in [0, 0.1) is 0 Å². The largest absolute Gasteiger partial charge is 0.309 e. The van der Waals surface area contributed by atoms with Crippen LogP contribution in [0.15, 0.2) is 194 Å². The van der Waals surface area contributed by atoms with Gasteiger partial charge in [-0.3, -0.25) is 0 Å². The number of fused-ring (bicyclic) bond motifs is 6. The molecule has 0 unspecified atom stereocenters. The van der Waals surface area contributed by atoms with Gasteiger partial charge in [-0.2, -0.15) is 0 Å². The van der Waals surface area contributed by atoms with Crippen LogP contribution in [0.3, 0.4) is 0 Å². The van der Waals surface area contributed by atoms with Gasteiger partial charge in [-0.1, -0.05) is 146 Å². The Labute approximate surface area is 333 Å². The van der Waals surface area contributed by atoms with E-state index in [1.54, 1.807) is 11.3 Å². The first-order valence-corrected chi connectivity index (χ1v) is 19.3. The fraction of sp³-hybridized carbons (Fsp3) is 0. The molecule has 0 aliphatic rings. The van der Waals surface area contributed by atoms with Crippen LogP contribution < -0.4 is 0 Å². The minimum atomic E-state index is -0.235. The second-order valence-corrected chi connectivity index (χ2v) is 14.8. The van der Waals surface area contributed by atoms with Crippen LogP contribution in [0.2, 0.25) is 0 Å². The van der Waals surface area contributed by atoms with Gasteiger partial charge >= 0.3 is 0 Å². The number of aromatic nitrogens is 4. The van der Waals surface area contributed by atoms with Gasteiger partial charge in [0.1, 0.15) is 0 Å². The van der Waals surface area contributed by atoms with Gasteiger partial charge in [0.15, 0.2) is 17.5 Å². The predicted octanol–water partition coefficient (Wildman–Crippen LogP) is 13.7. The molecule has 0 N–H and O–H groups in total. The van der Waals surface area contributed by atoms with Gasteiger partial charge in [-0.25, -0.2) is 15.0 Å². The molecule has 0 radical (unpaired) electrons. The lowest BCUT2D eigenvalue weighted by Gasteiger charge is -2.11. The van der Waals surface area contributed by atoms with Crippen LogP contribution in [-0.4, -0.2) is 19.5 Å². The van der Waals surface area contributed by atoms with Crippen LogP contribution in [0.5, 0.6) is 0 Å². The van der Waals surface area contributed by atoms with Crippen LogP contribution in [0.4, 0.5) is 0 Å². The summed E-state index contributed by atoms with van der Waals surface area (Å²) in [4.78, 5) is 14.7. The van der Waals surface area contributed by atoms with E-state index >= 15 is 0 Å². The molecule has 262 valence electrons. The fourth-order valence-corrected chi connectivity index (χ4v) is 8.71. The van der Waals surface area contributed by atoms with E-state index in [1.165, 1.54) is 4.70 Å². The van der Waals surface area contributed by atoms with Crippen molar-refractivity contribution in [1.82, 2.24) is 19.5 Å². The van der Waals surface area contributed by atoms with Gasteiger partial charge < -0.3 is 4.57 Å². The number of para-hydroxylation sites is 1. The van der Waals surface area contributed by atoms with Crippen LogP contribution in [-0.2, 0) is 0 Å². The highest BCUT2D eigenvalue weighted by molar-refractivity contribution is 7.25. The van der Waals surface area contributed by atoms with Crippen molar-refractivity contribution in [2.45, 2.75) is 0 Å². The number of hydrogen-bond acceptors (Lipinski definition) is 4. The number of nitrogens with zero attached hydrogens (tertiary/aromatic N) is 4. The first kappa shape index (κ1) is 28.3. The highest BCUT2D eigenvalue weighted by atomic mass is 32.1. The second-order valence-electron chi connectivity index (χ2n) is 13.7. The highest BCUT2D eigenvalue weighted by Gasteiger charge is 2.17. The Morgan fingerprint density at radius 1 is 0.357 bits per heavy atom. The molecule has 11 rings (SSSR count). The maximum Gasteiger partial charge on any atom is 0.164 e. The molecule has 0 spiro atoms. The zero-order valence-electron chi connectivity index (χ0n) is 33.9. The predicted molar refractivity (Wildman–Crippen MR) is 234 cm³/mol. The summed E-state index contributed by atoms with van der Waals surface area (Å²) >= 11 is 1.74. The van der Waals surface area contributed by atoms with Crippen molar-refractivity contribution in [3.63, 3.8) is 0 Å². The molecule has 11 aromatic rings. The van der Waals surface area contributed by atoms with E-state index in [0.29, 0.717) is 11.6 Å². The number of hydrogen-bond donors (Lipinski definition) is 0. The molecule has 0 saturated carbocycles. The Bertz CT molecular complexity index is 3330. The Morgan fingerprint density at radius 2 is 0.839 bits per heavy atom. The molecule has 0 saturated heterocycles. The van der Waals surface area contributed by atoms with Crippen LogP contribution in [0.1, 0.15) is 5.48 Å². The molecule has 8 aromatic carbocycles. The summed E-state index contributed by atoms with van der Waals surface area (Å²) in [6.07, 6.45) is 0. The Balaban J connectivity index is 1.10. The summed E-state index contributed by atoms with van der Waals surface area (Å²) in [6, 6.07) is 55.9. The van der Waals surface area contributed by atoms with E-state index in [2.05, 4.69) is 48.5 Å². The maximum atomic E-state index is 9.58. The second kappa shape index (κ2) is 13.3. The van der Waals surface area contributed by atoms with Crippen molar-refractivity contribution in [2.24, 2.45) is 0 Å². The van der Waals surface area contributed by atoms with Crippen LogP contribution >= 0.6 is 11.3 Å². The summed E-state index contributed by atoms with van der Waals surface area (Å²) in [7, 11) is 0. The molecule has 0 atom stereocenters. The number of thiophene rings is 1. The third-order valence-corrected chi connectivity index (χ3v) is 11.5.